The van der Waals surface area contributed by atoms with Crippen LogP contribution in [0.1, 0.15) is 32.2 Å². The van der Waals surface area contributed by atoms with Crippen molar-refractivity contribution in [3.63, 3.8) is 0 Å². The fourth-order valence-electron chi connectivity index (χ4n) is 2.37. The Morgan fingerprint density at radius 2 is 1.92 bits per heavy atom. The van der Waals surface area contributed by atoms with Crippen molar-refractivity contribution < 1.29 is 14.3 Å². The first-order valence-electron chi connectivity index (χ1n) is 8.18. The molecular weight excluding hydrogens is 352 g/mol. The van der Waals surface area contributed by atoms with Gasteiger partial charge in [0, 0.05) is 0 Å². The quantitative estimate of drug-likeness (QED) is 0.694. The zero-order chi connectivity index (χ0) is 18.7. The van der Waals surface area contributed by atoms with Crippen LogP contribution in [0, 0.1) is 0 Å². The van der Waals surface area contributed by atoms with Crippen LogP contribution in [0.4, 0.5) is 0 Å². The summed E-state index contributed by atoms with van der Waals surface area (Å²) in [7, 11) is 0. The van der Waals surface area contributed by atoms with Crippen LogP contribution in [0.5, 0.6) is 5.75 Å². The van der Waals surface area contributed by atoms with Crippen LogP contribution in [0.15, 0.2) is 40.5 Å². The minimum Gasteiger partial charge on any atom is -0.482 e. The Labute approximate surface area is 154 Å². The Morgan fingerprint density at radius 1 is 1.19 bits per heavy atom. The Kier molecular flexibility index (Phi) is 5.08. The first-order valence-corrected chi connectivity index (χ1v) is 9.06. The molecule has 0 amide bonds. The highest BCUT2D eigenvalue weighted by Gasteiger charge is 2.13. The molecule has 0 unspecified atom stereocenters. The van der Waals surface area contributed by atoms with Crippen LogP contribution in [-0.2, 0) is 21.6 Å². The number of hydrogen-bond donors (Lipinski definition) is 1. The molecule has 0 radical (unpaired) electrons. The summed E-state index contributed by atoms with van der Waals surface area (Å²) in [5.41, 5.74) is 1.61. The molecule has 26 heavy (non-hydrogen) atoms. The van der Waals surface area contributed by atoms with E-state index in [-0.39, 0.29) is 24.2 Å². The second-order valence-corrected chi connectivity index (χ2v) is 7.79. The normalized spacial score (nSPS) is 11.5. The first kappa shape index (κ1) is 18.1. The highest BCUT2D eigenvalue weighted by Crippen LogP contribution is 2.24. The van der Waals surface area contributed by atoms with Gasteiger partial charge in [-0.1, -0.05) is 32.9 Å². The highest BCUT2D eigenvalue weighted by atomic mass is 32.1. The Bertz CT molecular complexity index is 968. The maximum atomic E-state index is 11.9. The molecule has 0 aliphatic carbocycles. The van der Waals surface area contributed by atoms with E-state index in [1.807, 2.05) is 24.3 Å². The molecule has 0 fully saturated rings. The van der Waals surface area contributed by atoms with Gasteiger partial charge >= 0.3 is 5.97 Å². The molecule has 0 spiro atoms. The summed E-state index contributed by atoms with van der Waals surface area (Å²) in [6.07, 6.45) is 0. The van der Waals surface area contributed by atoms with E-state index >= 15 is 0 Å². The number of thiophene rings is 1. The number of H-pyrrole nitrogens is 1. The average Bonchev–Trinajstić information content (AvgIpc) is 3.07. The van der Waals surface area contributed by atoms with Gasteiger partial charge in [-0.3, -0.25) is 4.79 Å². The molecule has 1 aromatic carbocycles. The summed E-state index contributed by atoms with van der Waals surface area (Å²) in [6.45, 7) is 6.08. The molecule has 0 aliphatic rings. The zero-order valence-electron chi connectivity index (χ0n) is 14.9. The summed E-state index contributed by atoms with van der Waals surface area (Å²) in [5, 5.41) is 1.79. The van der Waals surface area contributed by atoms with Crippen molar-refractivity contribution >= 4 is 27.5 Å². The van der Waals surface area contributed by atoms with E-state index < -0.39 is 5.97 Å². The van der Waals surface area contributed by atoms with Crippen molar-refractivity contribution in [2.45, 2.75) is 32.8 Å². The van der Waals surface area contributed by atoms with Gasteiger partial charge in [0.1, 0.15) is 22.9 Å². The van der Waals surface area contributed by atoms with E-state index in [0.717, 1.165) is 0 Å². The molecule has 0 aliphatic heterocycles. The molecule has 7 heteroatoms. The van der Waals surface area contributed by atoms with E-state index in [0.29, 0.717) is 21.8 Å². The van der Waals surface area contributed by atoms with Crippen molar-refractivity contribution in [3.8, 4) is 5.75 Å². The first-order chi connectivity index (χ1) is 12.3. The van der Waals surface area contributed by atoms with E-state index in [2.05, 4.69) is 30.7 Å². The van der Waals surface area contributed by atoms with Gasteiger partial charge in [0.25, 0.3) is 5.56 Å². The van der Waals surface area contributed by atoms with Crippen molar-refractivity contribution in [3.05, 3.63) is 57.5 Å². The lowest BCUT2D eigenvalue weighted by Crippen LogP contribution is -2.17. The lowest BCUT2D eigenvalue weighted by molar-refractivity contribution is -0.147. The van der Waals surface area contributed by atoms with Crippen molar-refractivity contribution in [1.82, 2.24) is 9.97 Å². The van der Waals surface area contributed by atoms with E-state index in [1.165, 1.54) is 16.9 Å². The van der Waals surface area contributed by atoms with Crippen LogP contribution < -0.4 is 10.3 Å². The topological polar surface area (TPSA) is 81.3 Å². The monoisotopic (exact) mass is 372 g/mol. The Balaban J connectivity index is 1.53. The van der Waals surface area contributed by atoms with Crippen LogP contribution in [0.2, 0.25) is 0 Å². The van der Waals surface area contributed by atoms with Crippen molar-refractivity contribution in [2.24, 2.45) is 0 Å². The maximum absolute atomic E-state index is 11.9. The molecule has 0 atom stereocenters. The lowest BCUT2D eigenvalue weighted by atomic mass is 9.87. The molecule has 2 heterocycles. The van der Waals surface area contributed by atoms with Gasteiger partial charge < -0.3 is 14.5 Å². The van der Waals surface area contributed by atoms with Crippen LogP contribution >= 0.6 is 11.3 Å². The number of nitrogens with zero attached hydrogens (tertiary/aromatic N) is 1. The van der Waals surface area contributed by atoms with Crippen LogP contribution in [0.25, 0.3) is 10.2 Å². The standard InChI is InChI=1S/C19H20N2O4S/c1-19(2,3)12-4-6-13(7-5-12)24-11-16(22)25-10-15-20-14-8-9-26-17(14)18(23)21-15/h4-9H,10-11H2,1-3H3,(H,20,21,23). The number of carbonyl (C=O) groups is 1. The number of ether oxygens (including phenoxy) is 2. The molecule has 2 aromatic heterocycles. The van der Waals surface area contributed by atoms with E-state index in [1.54, 1.807) is 11.4 Å². The number of carbonyl (C=O) groups excluding carboxylic acids is 1. The third-order valence-corrected chi connectivity index (χ3v) is 4.71. The van der Waals surface area contributed by atoms with E-state index in [4.69, 9.17) is 9.47 Å². The number of hydrogen-bond acceptors (Lipinski definition) is 6. The minimum absolute atomic E-state index is 0.0604. The van der Waals surface area contributed by atoms with Crippen molar-refractivity contribution in [2.75, 3.05) is 6.61 Å². The fourth-order valence-corrected chi connectivity index (χ4v) is 3.10. The fraction of sp³-hybridized carbons (Fsp3) is 0.316. The van der Waals surface area contributed by atoms with Crippen molar-refractivity contribution in [1.29, 1.82) is 0 Å². The highest BCUT2D eigenvalue weighted by molar-refractivity contribution is 7.17. The number of aromatic amines is 1. The Morgan fingerprint density at radius 3 is 2.62 bits per heavy atom. The number of esters is 1. The molecule has 0 saturated heterocycles. The van der Waals surface area contributed by atoms with Crippen LogP contribution in [0.3, 0.4) is 0 Å². The summed E-state index contributed by atoms with van der Waals surface area (Å²) in [4.78, 5) is 30.6. The van der Waals surface area contributed by atoms with Crippen LogP contribution in [-0.4, -0.2) is 22.5 Å². The van der Waals surface area contributed by atoms with Gasteiger partial charge in [0.15, 0.2) is 6.61 Å². The third kappa shape index (κ3) is 4.29. The average molecular weight is 372 g/mol. The SMILES string of the molecule is CC(C)(C)c1ccc(OCC(=O)OCc2nc3ccsc3c(=O)[nH]2)cc1. The zero-order valence-corrected chi connectivity index (χ0v) is 15.7. The lowest BCUT2D eigenvalue weighted by Gasteiger charge is -2.19. The number of rotatable bonds is 5. The van der Waals surface area contributed by atoms with Gasteiger partial charge in [0.2, 0.25) is 0 Å². The summed E-state index contributed by atoms with van der Waals surface area (Å²) >= 11 is 1.32. The Hall–Kier alpha value is -2.67. The predicted molar refractivity (Wildman–Crippen MR) is 101 cm³/mol. The maximum Gasteiger partial charge on any atom is 0.344 e. The van der Waals surface area contributed by atoms with Gasteiger partial charge in [-0.25, -0.2) is 9.78 Å². The van der Waals surface area contributed by atoms with Gasteiger partial charge in [0.05, 0.1) is 5.52 Å². The predicted octanol–water partition coefficient (Wildman–Crippen LogP) is 3.40. The second kappa shape index (κ2) is 7.29. The number of fused-ring (bicyclic) bond motifs is 1. The third-order valence-electron chi connectivity index (χ3n) is 3.81. The molecule has 0 saturated carbocycles. The van der Waals surface area contributed by atoms with Gasteiger partial charge in [-0.15, -0.1) is 11.3 Å². The largest absolute Gasteiger partial charge is 0.482 e. The molecular formula is C19H20N2O4S. The van der Waals surface area contributed by atoms with Gasteiger partial charge in [-0.2, -0.15) is 0 Å². The smallest absolute Gasteiger partial charge is 0.344 e. The summed E-state index contributed by atoms with van der Waals surface area (Å²) < 4.78 is 11.1. The molecule has 6 nitrogen and oxygen atoms in total. The molecule has 136 valence electrons. The molecule has 0 bridgehead atoms. The van der Waals surface area contributed by atoms with E-state index in [9.17, 15) is 9.59 Å². The number of nitrogens with one attached hydrogen (secondary N) is 1. The summed E-state index contributed by atoms with van der Waals surface area (Å²) in [6, 6.07) is 9.37. The number of aromatic nitrogens is 2. The summed E-state index contributed by atoms with van der Waals surface area (Å²) in [5.74, 6) is 0.378. The number of benzene rings is 1. The molecule has 3 rings (SSSR count). The minimum atomic E-state index is -0.530. The molecule has 3 aromatic rings. The van der Waals surface area contributed by atoms with Gasteiger partial charge in [-0.05, 0) is 34.6 Å². The molecule has 1 N–H and O–H groups in total. The second-order valence-electron chi connectivity index (χ2n) is 6.87.